The van der Waals surface area contributed by atoms with Gasteiger partial charge in [0, 0.05) is 29.7 Å². The van der Waals surface area contributed by atoms with Gasteiger partial charge in [0.2, 0.25) is 5.88 Å². The summed E-state index contributed by atoms with van der Waals surface area (Å²) in [5.41, 5.74) is -0.639. The molecule has 0 radical (unpaired) electrons. The van der Waals surface area contributed by atoms with Gasteiger partial charge in [-0.3, -0.25) is 0 Å². The molecule has 0 aliphatic carbocycles. The van der Waals surface area contributed by atoms with Crippen LogP contribution in [0.1, 0.15) is 52.8 Å². The first-order chi connectivity index (χ1) is 21.9. The van der Waals surface area contributed by atoms with Crippen molar-refractivity contribution in [2.75, 3.05) is 13.2 Å². The number of halogens is 4. The van der Waals surface area contributed by atoms with E-state index in [0.29, 0.717) is 6.61 Å². The van der Waals surface area contributed by atoms with E-state index < -0.39 is 40.7 Å². The van der Waals surface area contributed by atoms with Gasteiger partial charge < -0.3 is 19.1 Å². The zero-order valence-corrected chi connectivity index (χ0v) is 24.5. The number of ether oxygens (including phenoxy) is 2. The minimum atomic E-state index is -1.32. The Balaban J connectivity index is 1.32. The predicted molar refractivity (Wildman–Crippen MR) is 156 cm³/mol. The average molecular weight is 632 g/mol. The summed E-state index contributed by atoms with van der Waals surface area (Å²) in [6, 6.07) is 10.8. The highest BCUT2D eigenvalue weighted by Crippen LogP contribution is 2.41. The Labute approximate surface area is 259 Å². The molecule has 1 aliphatic rings. The van der Waals surface area contributed by atoms with Gasteiger partial charge in [-0.15, -0.1) is 0 Å². The van der Waals surface area contributed by atoms with E-state index in [1.165, 1.54) is 30.5 Å². The van der Waals surface area contributed by atoms with Gasteiger partial charge >= 0.3 is 5.97 Å². The first-order valence-electron chi connectivity index (χ1n) is 14.1. The number of imidazole rings is 1. The summed E-state index contributed by atoms with van der Waals surface area (Å²) in [7, 11) is 0. The Bertz CT molecular complexity index is 2060. The van der Waals surface area contributed by atoms with Crippen molar-refractivity contribution < 1.29 is 36.9 Å². The molecule has 2 aromatic heterocycles. The molecule has 6 rings (SSSR count). The molecule has 0 amide bonds. The summed E-state index contributed by atoms with van der Waals surface area (Å²) >= 11 is 0. The maximum absolute atomic E-state index is 15.6. The molecular weight excluding hydrogens is 606 g/mol. The SMILES string of the molecule is CC1(C)COC[C@H]1n1c(Cc2cc(F)c(-c3nccc(OCc4ccc(C#N)cc4F)n3)cc2F)nc2c(F)cc(C(=O)O)cc21. The molecule has 46 heavy (non-hydrogen) atoms. The van der Waals surface area contributed by atoms with Crippen molar-refractivity contribution >= 4 is 17.0 Å². The fourth-order valence-corrected chi connectivity index (χ4v) is 5.48. The molecule has 1 atom stereocenters. The van der Waals surface area contributed by atoms with E-state index in [1.54, 1.807) is 4.57 Å². The van der Waals surface area contributed by atoms with Crippen molar-refractivity contribution in [3.63, 3.8) is 0 Å². The molecule has 0 bridgehead atoms. The number of hydrogen-bond acceptors (Lipinski definition) is 7. The third kappa shape index (κ3) is 5.75. The summed E-state index contributed by atoms with van der Waals surface area (Å²) in [5, 5.41) is 18.4. The Hall–Kier alpha value is -5.35. The lowest BCUT2D eigenvalue weighted by Gasteiger charge is -2.28. The summed E-state index contributed by atoms with van der Waals surface area (Å²) in [5.74, 6) is -4.46. The standard InChI is InChI=1S/C33H25F4N5O4/c1-33(2)16-45-15-27(33)42-26-10-20(32(43)44)9-25(37)30(26)40-28(42)11-19-8-24(36)21(12-23(19)35)31-39-6-5-29(41-31)46-14-18-4-3-17(13-38)7-22(18)34/h3-10,12,27H,11,14-16H2,1-2H3,(H,43,44)/t27-/m1/s1. The number of aromatic nitrogens is 4. The van der Waals surface area contributed by atoms with Crippen LogP contribution >= 0.6 is 0 Å². The van der Waals surface area contributed by atoms with Crippen LogP contribution in [0.5, 0.6) is 5.88 Å². The number of rotatable bonds is 8. The smallest absolute Gasteiger partial charge is 0.335 e. The van der Waals surface area contributed by atoms with Crippen LogP contribution in [-0.4, -0.2) is 43.8 Å². The molecule has 0 saturated carbocycles. The molecule has 1 fully saturated rings. The Morgan fingerprint density at radius 1 is 1.04 bits per heavy atom. The number of carbonyl (C=O) groups is 1. The number of nitrogens with zero attached hydrogens (tertiary/aromatic N) is 5. The van der Waals surface area contributed by atoms with E-state index in [0.717, 1.165) is 24.3 Å². The second kappa shape index (κ2) is 11.9. The second-order valence-corrected chi connectivity index (χ2v) is 11.6. The fourth-order valence-electron chi connectivity index (χ4n) is 5.48. The molecule has 3 heterocycles. The summed E-state index contributed by atoms with van der Waals surface area (Å²) in [6.45, 7) is 4.24. The topological polar surface area (TPSA) is 123 Å². The van der Waals surface area contributed by atoms with Crippen molar-refractivity contribution in [2.45, 2.75) is 32.9 Å². The number of carboxylic acid groups (broad SMARTS) is 1. The van der Waals surface area contributed by atoms with Crippen LogP contribution in [0.3, 0.4) is 0 Å². The maximum atomic E-state index is 15.6. The van der Waals surface area contributed by atoms with Gasteiger partial charge in [-0.25, -0.2) is 32.3 Å². The van der Waals surface area contributed by atoms with Crippen molar-refractivity contribution in [1.82, 2.24) is 19.5 Å². The number of fused-ring (bicyclic) bond motifs is 1. The normalized spacial score (nSPS) is 15.6. The second-order valence-electron chi connectivity index (χ2n) is 11.6. The molecule has 5 aromatic rings. The number of aromatic carboxylic acids is 1. The molecule has 234 valence electrons. The van der Waals surface area contributed by atoms with Crippen LogP contribution in [0.4, 0.5) is 17.6 Å². The van der Waals surface area contributed by atoms with Crippen LogP contribution in [0.2, 0.25) is 0 Å². The number of carboxylic acids is 1. The molecule has 9 nitrogen and oxygen atoms in total. The molecule has 1 saturated heterocycles. The lowest BCUT2D eigenvalue weighted by atomic mass is 9.87. The van der Waals surface area contributed by atoms with E-state index in [1.807, 2.05) is 19.9 Å². The third-order valence-electron chi connectivity index (χ3n) is 7.95. The fraction of sp³-hybridized carbons (Fsp3) is 0.242. The highest BCUT2D eigenvalue weighted by Gasteiger charge is 2.39. The Kier molecular flexibility index (Phi) is 7.91. The first kappa shape index (κ1) is 30.7. The van der Waals surface area contributed by atoms with Gasteiger partial charge in [0.25, 0.3) is 0 Å². The molecule has 1 aliphatic heterocycles. The maximum Gasteiger partial charge on any atom is 0.335 e. The number of benzene rings is 3. The average Bonchev–Trinajstić information content (AvgIpc) is 3.56. The van der Waals surface area contributed by atoms with E-state index in [4.69, 9.17) is 14.7 Å². The zero-order valence-electron chi connectivity index (χ0n) is 24.5. The predicted octanol–water partition coefficient (Wildman–Crippen LogP) is 6.39. The van der Waals surface area contributed by atoms with Crippen LogP contribution in [0.15, 0.2) is 54.7 Å². The lowest BCUT2D eigenvalue weighted by molar-refractivity contribution is 0.0696. The lowest BCUT2D eigenvalue weighted by Crippen LogP contribution is -2.27. The van der Waals surface area contributed by atoms with Gasteiger partial charge in [-0.05, 0) is 42.0 Å². The molecule has 13 heteroatoms. The minimum Gasteiger partial charge on any atom is -0.478 e. The highest BCUT2D eigenvalue weighted by atomic mass is 19.1. The molecule has 0 spiro atoms. The zero-order chi connectivity index (χ0) is 32.7. The Morgan fingerprint density at radius 2 is 1.83 bits per heavy atom. The molecule has 3 aromatic carbocycles. The van der Waals surface area contributed by atoms with Gasteiger partial charge in [-0.1, -0.05) is 19.9 Å². The van der Waals surface area contributed by atoms with E-state index in [9.17, 15) is 14.3 Å². The minimum absolute atomic E-state index is 0.0180. The summed E-state index contributed by atoms with van der Waals surface area (Å²) in [4.78, 5) is 24.3. The monoisotopic (exact) mass is 631 g/mol. The number of hydrogen-bond donors (Lipinski definition) is 1. The van der Waals surface area contributed by atoms with Gasteiger partial charge in [0.05, 0.1) is 47.5 Å². The summed E-state index contributed by atoms with van der Waals surface area (Å²) < 4.78 is 73.3. The van der Waals surface area contributed by atoms with Crippen LogP contribution < -0.4 is 4.74 Å². The van der Waals surface area contributed by atoms with Crippen molar-refractivity contribution in [3.05, 3.63) is 106 Å². The van der Waals surface area contributed by atoms with E-state index in [2.05, 4.69) is 15.0 Å². The van der Waals surface area contributed by atoms with Crippen molar-refractivity contribution in [1.29, 1.82) is 5.26 Å². The molecule has 0 unspecified atom stereocenters. The summed E-state index contributed by atoms with van der Waals surface area (Å²) in [6.07, 6.45) is 1.04. The van der Waals surface area contributed by atoms with Crippen molar-refractivity contribution in [2.24, 2.45) is 5.41 Å². The largest absolute Gasteiger partial charge is 0.478 e. The molecular formula is C33H25F4N5O4. The quantitative estimate of drug-likeness (QED) is 0.196. The van der Waals surface area contributed by atoms with Crippen LogP contribution in [0, 0.1) is 40.0 Å². The first-order valence-corrected chi connectivity index (χ1v) is 14.1. The Morgan fingerprint density at radius 3 is 2.52 bits per heavy atom. The van der Waals surface area contributed by atoms with Crippen molar-refractivity contribution in [3.8, 4) is 23.3 Å². The van der Waals surface area contributed by atoms with Crippen LogP contribution in [-0.2, 0) is 17.8 Å². The van der Waals surface area contributed by atoms with Gasteiger partial charge in [-0.2, -0.15) is 10.2 Å². The third-order valence-corrected chi connectivity index (χ3v) is 7.95. The highest BCUT2D eigenvalue weighted by molar-refractivity contribution is 5.93. The van der Waals surface area contributed by atoms with E-state index >= 15 is 13.2 Å². The van der Waals surface area contributed by atoms with Gasteiger partial charge in [0.1, 0.15) is 35.4 Å². The van der Waals surface area contributed by atoms with E-state index in [-0.39, 0.29) is 76.0 Å². The molecule has 1 N–H and O–H groups in total. The number of nitriles is 1. The van der Waals surface area contributed by atoms with Gasteiger partial charge in [0.15, 0.2) is 11.6 Å². The van der Waals surface area contributed by atoms with Crippen LogP contribution in [0.25, 0.3) is 22.4 Å².